The highest BCUT2D eigenvalue weighted by atomic mass is 32.2. The van der Waals surface area contributed by atoms with Crippen LogP contribution < -0.4 is 0 Å². The number of aliphatic hydroxyl groups is 2. The summed E-state index contributed by atoms with van der Waals surface area (Å²) >= 11 is 3.04. The topological polar surface area (TPSA) is 56.1 Å². The molecule has 2 saturated heterocycles. The van der Waals surface area contributed by atoms with E-state index in [9.17, 15) is 14.6 Å². The molecule has 0 aromatic rings. The molecule has 0 spiro atoms. The maximum absolute atomic E-state index is 14.2. The van der Waals surface area contributed by atoms with E-state index in [2.05, 4.69) is 9.89 Å². The van der Waals surface area contributed by atoms with E-state index in [0.29, 0.717) is 0 Å². The Kier molecular flexibility index (Phi) is 3.51. The number of aliphatic hydroxyl groups excluding tert-OH is 2. The Morgan fingerprint density at radius 1 is 1.50 bits per heavy atom. The summed E-state index contributed by atoms with van der Waals surface area (Å²) < 4.78 is 14.2. The fraction of sp³-hybridized carbons (Fsp3) is 0.909. The molecular weight excluding hydrogens is 275 g/mol. The number of hydrogen-bond acceptors (Lipinski definition) is 6. The van der Waals surface area contributed by atoms with Gasteiger partial charge in [-0.2, -0.15) is 0 Å². The molecule has 0 aromatic carbocycles. The van der Waals surface area contributed by atoms with E-state index in [1.807, 2.05) is 0 Å². The van der Waals surface area contributed by atoms with E-state index in [0.717, 1.165) is 18.3 Å². The number of amidine groups is 1. The summed E-state index contributed by atoms with van der Waals surface area (Å²) in [4.78, 5) is 6.58. The highest BCUT2D eigenvalue weighted by Crippen LogP contribution is 2.47. The molecule has 18 heavy (non-hydrogen) atoms. The number of alkyl halides is 1. The average Bonchev–Trinajstić information content (AvgIpc) is 2.64. The summed E-state index contributed by atoms with van der Waals surface area (Å²) in [6, 6.07) is -0.472. The van der Waals surface area contributed by atoms with Gasteiger partial charge in [0.15, 0.2) is 11.3 Å². The number of hydrogen-bond donors (Lipinski definition) is 2. The monoisotopic (exact) mass is 292 g/mol. The highest BCUT2D eigenvalue weighted by Gasteiger charge is 2.50. The number of likely N-dealkylation sites (tertiary alicyclic amines) is 1. The first-order chi connectivity index (χ1) is 8.58. The van der Waals surface area contributed by atoms with Gasteiger partial charge in [0.25, 0.3) is 0 Å². The van der Waals surface area contributed by atoms with Crippen molar-refractivity contribution in [3.05, 3.63) is 0 Å². The molecule has 2 N–H and O–H groups in total. The minimum Gasteiger partial charge on any atom is -0.392 e. The molecule has 0 bridgehead atoms. The molecule has 0 radical (unpaired) electrons. The number of rotatable bonds is 1. The van der Waals surface area contributed by atoms with Crippen molar-refractivity contribution in [1.82, 2.24) is 4.90 Å². The van der Waals surface area contributed by atoms with E-state index < -0.39 is 29.7 Å². The molecule has 4 nitrogen and oxygen atoms in total. The van der Waals surface area contributed by atoms with Crippen LogP contribution in [0.15, 0.2) is 4.99 Å². The van der Waals surface area contributed by atoms with Gasteiger partial charge in [-0.25, -0.2) is 4.39 Å². The summed E-state index contributed by atoms with van der Waals surface area (Å²) in [5.74, 6) is 0. The summed E-state index contributed by atoms with van der Waals surface area (Å²) in [6.45, 7) is 3.59. The molecule has 102 valence electrons. The van der Waals surface area contributed by atoms with E-state index in [4.69, 9.17) is 0 Å². The summed E-state index contributed by atoms with van der Waals surface area (Å²) in [7, 11) is 0. The molecule has 3 rings (SSSR count). The Labute approximate surface area is 114 Å². The van der Waals surface area contributed by atoms with Crippen LogP contribution >= 0.6 is 23.5 Å². The van der Waals surface area contributed by atoms with Crippen LogP contribution in [0, 0.1) is 0 Å². The molecule has 0 aromatic heterocycles. The maximum atomic E-state index is 14.2. The van der Waals surface area contributed by atoms with Crippen LogP contribution in [0.5, 0.6) is 0 Å². The Balaban J connectivity index is 1.75. The zero-order valence-corrected chi connectivity index (χ0v) is 11.7. The fourth-order valence-corrected chi connectivity index (χ4v) is 5.56. The fourth-order valence-electron chi connectivity index (χ4n) is 2.40. The van der Waals surface area contributed by atoms with Gasteiger partial charge in [-0.3, -0.25) is 4.99 Å². The molecule has 6 atom stereocenters. The van der Waals surface area contributed by atoms with Gasteiger partial charge in [0, 0.05) is 13.1 Å². The third-order valence-corrected chi connectivity index (χ3v) is 6.88. The largest absolute Gasteiger partial charge is 0.392 e. The van der Waals surface area contributed by atoms with Crippen LogP contribution in [0.2, 0.25) is 0 Å². The first-order valence-electron chi connectivity index (χ1n) is 6.23. The minimum atomic E-state index is -1.37. The van der Waals surface area contributed by atoms with Gasteiger partial charge in [0.05, 0.1) is 15.9 Å². The van der Waals surface area contributed by atoms with E-state index in [1.54, 1.807) is 18.7 Å². The zero-order valence-electron chi connectivity index (χ0n) is 10.1. The average molecular weight is 292 g/mol. The molecule has 3 aliphatic rings. The van der Waals surface area contributed by atoms with Crippen molar-refractivity contribution in [2.75, 3.05) is 13.1 Å². The van der Waals surface area contributed by atoms with Crippen molar-refractivity contribution >= 4 is 28.7 Å². The van der Waals surface area contributed by atoms with Crippen molar-refractivity contribution in [3.8, 4) is 0 Å². The van der Waals surface area contributed by atoms with Gasteiger partial charge < -0.3 is 15.1 Å². The molecule has 0 amide bonds. The summed E-state index contributed by atoms with van der Waals surface area (Å²) in [5.41, 5.74) is 0. The zero-order chi connectivity index (χ0) is 12.9. The first kappa shape index (κ1) is 13.0. The second kappa shape index (κ2) is 4.85. The Hall–Kier alpha value is 0.0200. The highest BCUT2D eigenvalue weighted by molar-refractivity contribution is 8.25. The van der Waals surface area contributed by atoms with Crippen molar-refractivity contribution in [2.45, 2.75) is 47.6 Å². The van der Waals surface area contributed by atoms with Gasteiger partial charge >= 0.3 is 0 Å². The summed E-state index contributed by atoms with van der Waals surface area (Å²) in [6.07, 6.45) is -2.05. The number of thioether (sulfide) groups is 2. The predicted octanol–water partition coefficient (Wildman–Crippen LogP) is 0.685. The third-order valence-electron chi connectivity index (χ3n) is 3.64. The van der Waals surface area contributed by atoms with Crippen LogP contribution in [-0.4, -0.2) is 67.6 Å². The van der Waals surface area contributed by atoms with Gasteiger partial charge in [-0.05, 0) is 13.3 Å². The van der Waals surface area contributed by atoms with Crippen LogP contribution in [0.1, 0.15) is 13.3 Å². The van der Waals surface area contributed by atoms with Crippen molar-refractivity contribution in [3.63, 3.8) is 0 Å². The number of aliphatic imine (C=N–C) groups is 1. The maximum Gasteiger partial charge on any atom is 0.160 e. The van der Waals surface area contributed by atoms with Gasteiger partial charge in [0.2, 0.25) is 0 Å². The van der Waals surface area contributed by atoms with Crippen LogP contribution in [0.4, 0.5) is 4.39 Å². The SMILES string of the molecule is C[C@H](O)[C@H]1S[C@@H]2SC(N3CCC3)=N[C@@H]2[C@@H](F)[C@@H]1O. The number of fused-ring (bicyclic) bond motifs is 1. The van der Waals surface area contributed by atoms with Crippen LogP contribution in [0.25, 0.3) is 0 Å². The van der Waals surface area contributed by atoms with Crippen molar-refractivity contribution < 1.29 is 14.6 Å². The van der Waals surface area contributed by atoms with Crippen molar-refractivity contribution in [2.24, 2.45) is 4.99 Å². The molecule has 7 heteroatoms. The lowest BCUT2D eigenvalue weighted by molar-refractivity contribution is 0.0265. The molecule has 3 aliphatic heterocycles. The molecule has 0 unspecified atom stereocenters. The number of nitrogens with zero attached hydrogens (tertiary/aromatic N) is 2. The standard InChI is InChI=1S/C11H17FN2O2S2/c1-5(15)9-8(16)6(12)7-10(17-9)18-11(13-7)14-3-2-4-14/h5-10,15-16H,2-4H2,1H3/t5-,6+,7+,8-,9+,10+/m0/s1. The van der Waals surface area contributed by atoms with Gasteiger partial charge in [-0.1, -0.05) is 11.8 Å². The molecule has 3 heterocycles. The van der Waals surface area contributed by atoms with Crippen LogP contribution in [0.3, 0.4) is 0 Å². The first-order valence-corrected chi connectivity index (χ1v) is 8.05. The van der Waals surface area contributed by atoms with Crippen molar-refractivity contribution in [1.29, 1.82) is 0 Å². The summed E-state index contributed by atoms with van der Waals surface area (Å²) in [5, 5.41) is 20.0. The lowest BCUT2D eigenvalue weighted by Crippen LogP contribution is -2.51. The lowest BCUT2D eigenvalue weighted by Gasteiger charge is -2.37. The van der Waals surface area contributed by atoms with E-state index in [-0.39, 0.29) is 4.58 Å². The Morgan fingerprint density at radius 3 is 2.78 bits per heavy atom. The molecule has 2 fully saturated rings. The van der Waals surface area contributed by atoms with Gasteiger partial charge in [-0.15, -0.1) is 11.8 Å². The number of halogens is 1. The third kappa shape index (κ3) is 2.05. The van der Waals surface area contributed by atoms with Crippen LogP contribution in [-0.2, 0) is 0 Å². The van der Waals surface area contributed by atoms with Gasteiger partial charge in [0.1, 0.15) is 12.1 Å². The smallest absolute Gasteiger partial charge is 0.160 e. The second-order valence-electron chi connectivity index (χ2n) is 5.01. The van der Waals surface area contributed by atoms with E-state index in [1.165, 1.54) is 18.2 Å². The van der Waals surface area contributed by atoms with E-state index >= 15 is 0 Å². The predicted molar refractivity (Wildman–Crippen MR) is 72.8 cm³/mol. The second-order valence-corrected chi connectivity index (χ2v) is 7.74. The lowest BCUT2D eigenvalue weighted by atomic mass is 10.0. The quantitative estimate of drug-likeness (QED) is 0.744. The molecule has 0 aliphatic carbocycles. The minimum absolute atomic E-state index is 0.0152. The molecule has 0 saturated carbocycles. The Morgan fingerprint density at radius 2 is 2.22 bits per heavy atom. The molecular formula is C11H17FN2O2S2. The normalized spacial score (nSPS) is 45.2. The Bertz CT molecular complexity index is 365.